The molecule has 0 spiro atoms. The molecule has 5 nitrogen and oxygen atoms in total. The predicted molar refractivity (Wildman–Crippen MR) is 98.6 cm³/mol. The second-order valence-electron chi connectivity index (χ2n) is 8.01. The number of piperidine rings is 1. The topological polar surface area (TPSA) is 67.4 Å². The summed E-state index contributed by atoms with van der Waals surface area (Å²) in [5, 5.41) is 6.35. The van der Waals surface area contributed by atoms with Crippen LogP contribution < -0.4 is 15.4 Å². The molecule has 5 unspecified atom stereocenters. The number of carbonyl (C=O) groups excluding carboxylic acids is 2. The molecule has 2 saturated carbocycles. The normalized spacial score (nSPS) is 33.4. The van der Waals surface area contributed by atoms with Crippen LogP contribution in [0, 0.1) is 17.8 Å². The van der Waals surface area contributed by atoms with Crippen molar-refractivity contribution in [2.75, 3.05) is 6.61 Å². The molecule has 2 N–H and O–H groups in total. The van der Waals surface area contributed by atoms with Crippen molar-refractivity contribution in [2.24, 2.45) is 17.8 Å². The SMILES string of the molecule is O=C(COc1ccccc1)NC1CCC2C(C1)NC(=O)C1CCCCC12. The Morgan fingerprint density at radius 1 is 1.08 bits per heavy atom. The van der Waals surface area contributed by atoms with Gasteiger partial charge in [-0.1, -0.05) is 31.0 Å². The standard InChI is InChI=1S/C21H28N2O3/c24-20(13-26-15-6-2-1-3-7-15)22-14-10-11-17-16-8-4-5-9-18(16)21(25)23-19(17)12-14/h1-3,6-7,14,16-19H,4-5,8-13H2,(H,22,24)(H,23,25). The molecule has 1 aromatic carbocycles. The summed E-state index contributed by atoms with van der Waals surface area (Å²) in [6, 6.07) is 9.73. The quantitative estimate of drug-likeness (QED) is 0.871. The van der Waals surface area contributed by atoms with Crippen LogP contribution in [-0.2, 0) is 9.59 Å². The molecule has 1 aromatic rings. The van der Waals surface area contributed by atoms with E-state index >= 15 is 0 Å². The van der Waals surface area contributed by atoms with Crippen molar-refractivity contribution in [2.45, 2.75) is 57.0 Å². The fourth-order valence-corrected chi connectivity index (χ4v) is 5.23. The first-order valence-electron chi connectivity index (χ1n) is 9.98. The molecule has 1 saturated heterocycles. The number of hydrogen-bond acceptors (Lipinski definition) is 3. The summed E-state index contributed by atoms with van der Waals surface area (Å²) >= 11 is 0. The lowest BCUT2D eigenvalue weighted by Crippen LogP contribution is -2.59. The van der Waals surface area contributed by atoms with E-state index in [0.29, 0.717) is 17.6 Å². The summed E-state index contributed by atoms with van der Waals surface area (Å²) in [6.07, 6.45) is 7.63. The number of carbonyl (C=O) groups is 2. The zero-order chi connectivity index (χ0) is 17.9. The van der Waals surface area contributed by atoms with Crippen LogP contribution in [0.3, 0.4) is 0 Å². The van der Waals surface area contributed by atoms with Gasteiger partial charge in [0.25, 0.3) is 5.91 Å². The van der Waals surface area contributed by atoms with Crippen molar-refractivity contribution in [1.82, 2.24) is 10.6 Å². The molecule has 4 rings (SSSR count). The van der Waals surface area contributed by atoms with Gasteiger partial charge in [0, 0.05) is 18.0 Å². The molecule has 2 amide bonds. The maximum Gasteiger partial charge on any atom is 0.258 e. The van der Waals surface area contributed by atoms with E-state index in [9.17, 15) is 9.59 Å². The lowest BCUT2D eigenvalue weighted by Gasteiger charge is -2.49. The van der Waals surface area contributed by atoms with Crippen LogP contribution in [0.15, 0.2) is 30.3 Å². The molecule has 3 aliphatic rings. The summed E-state index contributed by atoms with van der Waals surface area (Å²) in [7, 11) is 0. The number of benzene rings is 1. The van der Waals surface area contributed by atoms with E-state index < -0.39 is 0 Å². The zero-order valence-corrected chi connectivity index (χ0v) is 15.2. The summed E-state index contributed by atoms with van der Waals surface area (Å²) in [6.45, 7) is 0.0334. The number of fused-ring (bicyclic) bond motifs is 3. The van der Waals surface area contributed by atoms with Gasteiger partial charge in [-0.3, -0.25) is 9.59 Å². The minimum atomic E-state index is -0.0880. The molecule has 1 aliphatic heterocycles. The Hall–Kier alpha value is -2.04. The molecule has 140 valence electrons. The van der Waals surface area contributed by atoms with Crippen molar-refractivity contribution in [3.05, 3.63) is 30.3 Å². The minimum absolute atomic E-state index is 0.0334. The Morgan fingerprint density at radius 3 is 2.73 bits per heavy atom. The molecule has 26 heavy (non-hydrogen) atoms. The van der Waals surface area contributed by atoms with E-state index in [2.05, 4.69) is 10.6 Å². The molecule has 3 fully saturated rings. The number of amides is 2. The van der Waals surface area contributed by atoms with E-state index in [1.807, 2.05) is 30.3 Å². The summed E-state index contributed by atoms with van der Waals surface area (Å²) in [5.41, 5.74) is 0. The lowest BCUT2D eigenvalue weighted by molar-refractivity contribution is -0.136. The Bertz CT molecular complexity index is 648. The van der Waals surface area contributed by atoms with Crippen LogP contribution in [-0.4, -0.2) is 30.5 Å². The van der Waals surface area contributed by atoms with Gasteiger partial charge in [0.05, 0.1) is 0 Å². The van der Waals surface area contributed by atoms with E-state index in [4.69, 9.17) is 4.74 Å². The van der Waals surface area contributed by atoms with Crippen LogP contribution >= 0.6 is 0 Å². The van der Waals surface area contributed by atoms with Gasteiger partial charge in [0.15, 0.2) is 6.61 Å². The second-order valence-corrected chi connectivity index (χ2v) is 8.01. The Labute approximate surface area is 154 Å². The van der Waals surface area contributed by atoms with Gasteiger partial charge in [-0.05, 0) is 56.1 Å². The molecule has 5 atom stereocenters. The van der Waals surface area contributed by atoms with Gasteiger partial charge in [0.2, 0.25) is 5.91 Å². The van der Waals surface area contributed by atoms with Crippen molar-refractivity contribution in [3.8, 4) is 5.75 Å². The highest BCUT2D eigenvalue weighted by Crippen LogP contribution is 2.44. The Kier molecular flexibility index (Phi) is 5.14. The zero-order valence-electron chi connectivity index (χ0n) is 15.2. The van der Waals surface area contributed by atoms with Crippen LogP contribution in [0.2, 0.25) is 0 Å². The van der Waals surface area contributed by atoms with E-state index in [1.54, 1.807) is 0 Å². The number of rotatable bonds is 4. The Balaban J connectivity index is 1.29. The average Bonchev–Trinajstić information content (AvgIpc) is 2.67. The number of ether oxygens (including phenoxy) is 1. The van der Waals surface area contributed by atoms with Crippen LogP contribution in [0.4, 0.5) is 0 Å². The van der Waals surface area contributed by atoms with E-state index in [1.165, 1.54) is 19.3 Å². The number of hydrogen-bond donors (Lipinski definition) is 2. The van der Waals surface area contributed by atoms with Crippen molar-refractivity contribution < 1.29 is 14.3 Å². The molecule has 1 heterocycles. The van der Waals surface area contributed by atoms with Gasteiger partial charge in [-0.25, -0.2) is 0 Å². The summed E-state index contributed by atoms with van der Waals surface area (Å²) < 4.78 is 5.52. The monoisotopic (exact) mass is 356 g/mol. The average molecular weight is 356 g/mol. The first-order chi connectivity index (χ1) is 12.7. The molecular weight excluding hydrogens is 328 g/mol. The first kappa shape index (κ1) is 17.4. The highest BCUT2D eigenvalue weighted by atomic mass is 16.5. The van der Waals surface area contributed by atoms with Crippen molar-refractivity contribution >= 4 is 11.8 Å². The molecule has 0 aromatic heterocycles. The first-order valence-corrected chi connectivity index (χ1v) is 9.98. The fraction of sp³-hybridized carbons (Fsp3) is 0.619. The van der Waals surface area contributed by atoms with Crippen LogP contribution in [0.5, 0.6) is 5.75 Å². The maximum absolute atomic E-state index is 12.5. The lowest BCUT2D eigenvalue weighted by atomic mass is 9.63. The smallest absolute Gasteiger partial charge is 0.258 e. The van der Waals surface area contributed by atoms with Gasteiger partial charge in [0.1, 0.15) is 5.75 Å². The van der Waals surface area contributed by atoms with Crippen molar-refractivity contribution in [3.63, 3.8) is 0 Å². The van der Waals surface area contributed by atoms with Crippen molar-refractivity contribution in [1.29, 1.82) is 0 Å². The van der Waals surface area contributed by atoms with Gasteiger partial charge in [-0.2, -0.15) is 0 Å². The third-order valence-electron chi connectivity index (χ3n) is 6.42. The highest BCUT2D eigenvalue weighted by Gasteiger charge is 2.46. The molecule has 0 radical (unpaired) electrons. The fourth-order valence-electron chi connectivity index (χ4n) is 5.23. The third-order valence-corrected chi connectivity index (χ3v) is 6.42. The van der Waals surface area contributed by atoms with Crippen LogP contribution in [0.25, 0.3) is 0 Å². The predicted octanol–water partition coefficient (Wildman–Crippen LogP) is 2.66. The van der Waals surface area contributed by atoms with Crippen LogP contribution in [0.1, 0.15) is 44.9 Å². The summed E-state index contributed by atoms with van der Waals surface area (Å²) in [5.74, 6) is 2.24. The second kappa shape index (κ2) is 7.68. The van der Waals surface area contributed by atoms with E-state index in [-0.39, 0.29) is 36.4 Å². The largest absolute Gasteiger partial charge is 0.484 e. The molecular formula is C21H28N2O3. The molecule has 2 aliphatic carbocycles. The number of nitrogens with one attached hydrogen (secondary N) is 2. The maximum atomic E-state index is 12.5. The summed E-state index contributed by atoms with van der Waals surface area (Å²) in [4.78, 5) is 24.7. The number of para-hydroxylation sites is 1. The third kappa shape index (κ3) is 3.71. The Morgan fingerprint density at radius 2 is 1.88 bits per heavy atom. The van der Waals surface area contributed by atoms with Gasteiger partial charge < -0.3 is 15.4 Å². The van der Waals surface area contributed by atoms with Gasteiger partial charge >= 0.3 is 0 Å². The highest BCUT2D eigenvalue weighted by molar-refractivity contribution is 5.80. The van der Waals surface area contributed by atoms with Gasteiger partial charge in [-0.15, -0.1) is 0 Å². The molecule has 5 heteroatoms. The molecule has 0 bridgehead atoms. The van der Waals surface area contributed by atoms with E-state index in [0.717, 1.165) is 25.7 Å². The minimum Gasteiger partial charge on any atom is -0.484 e.